The smallest absolute Gasteiger partial charge is 0.338 e. The zero-order valence-electron chi connectivity index (χ0n) is 26.8. The summed E-state index contributed by atoms with van der Waals surface area (Å²) >= 11 is 5.24. The van der Waals surface area contributed by atoms with E-state index < -0.39 is 12.0 Å². The summed E-state index contributed by atoms with van der Waals surface area (Å²) in [4.78, 5) is 21.4. The molecule has 0 aromatic heterocycles. The molecule has 4 aromatic rings. The van der Waals surface area contributed by atoms with Crippen LogP contribution in [0.25, 0.3) is 5.70 Å². The van der Waals surface area contributed by atoms with Crippen molar-refractivity contribution >= 4 is 56.0 Å². The summed E-state index contributed by atoms with van der Waals surface area (Å²) in [6.07, 6.45) is 0. The Bertz CT molecular complexity index is 1910. The van der Waals surface area contributed by atoms with E-state index in [2.05, 4.69) is 50.1 Å². The normalized spacial score (nSPS) is 19.7. The van der Waals surface area contributed by atoms with E-state index in [-0.39, 0.29) is 17.9 Å². The number of thioether (sulfide) groups is 1. The quantitative estimate of drug-likeness (QED) is 0.162. The number of para-hydroxylation sites is 1. The van der Waals surface area contributed by atoms with Crippen LogP contribution in [-0.4, -0.2) is 55.1 Å². The molecule has 48 heavy (non-hydrogen) atoms. The number of ether oxygens (including phenoxy) is 4. The van der Waals surface area contributed by atoms with Gasteiger partial charge in [0.2, 0.25) is 5.75 Å². The molecule has 0 saturated carbocycles. The monoisotopic (exact) mass is 724 g/mol. The number of carbonyl (C=O) groups excluding carboxylic acids is 1. The summed E-state index contributed by atoms with van der Waals surface area (Å²) in [7, 11) is 4.73. The van der Waals surface area contributed by atoms with Crippen LogP contribution in [0, 0.1) is 0 Å². The van der Waals surface area contributed by atoms with Crippen LogP contribution < -0.4 is 19.2 Å². The first-order valence-corrected chi connectivity index (χ1v) is 17.1. The van der Waals surface area contributed by atoms with Crippen molar-refractivity contribution in [1.82, 2.24) is 4.90 Å². The van der Waals surface area contributed by atoms with Gasteiger partial charge in [-0.3, -0.25) is 9.91 Å². The minimum Gasteiger partial charge on any atom is -0.493 e. The van der Waals surface area contributed by atoms with Crippen LogP contribution in [-0.2, 0) is 9.53 Å². The van der Waals surface area contributed by atoms with E-state index in [4.69, 9.17) is 29.0 Å². The van der Waals surface area contributed by atoms with Gasteiger partial charge in [0.05, 0.1) is 62.2 Å². The highest BCUT2D eigenvalue weighted by atomic mass is 79.9. The molecule has 0 aliphatic carbocycles. The second-order valence-corrected chi connectivity index (χ2v) is 13.2. The van der Waals surface area contributed by atoms with Crippen molar-refractivity contribution in [2.24, 2.45) is 10.1 Å². The summed E-state index contributed by atoms with van der Waals surface area (Å²) in [5.74, 6) is 1.71. The maximum absolute atomic E-state index is 14.2. The summed E-state index contributed by atoms with van der Waals surface area (Å²) in [5, 5.41) is 7.98. The largest absolute Gasteiger partial charge is 0.493 e. The highest BCUT2D eigenvalue weighted by molar-refractivity contribution is 9.10. The fourth-order valence-electron chi connectivity index (χ4n) is 6.39. The van der Waals surface area contributed by atoms with Crippen LogP contribution in [0.4, 0.5) is 5.69 Å². The van der Waals surface area contributed by atoms with Crippen LogP contribution in [0.15, 0.2) is 117 Å². The number of aliphatic imine (C=N–C) groups is 1. The predicted molar refractivity (Wildman–Crippen MR) is 193 cm³/mol. The third kappa shape index (κ3) is 5.50. The van der Waals surface area contributed by atoms with Crippen molar-refractivity contribution in [2.75, 3.05) is 32.9 Å². The molecule has 3 aliphatic heterocycles. The molecule has 0 bridgehead atoms. The van der Waals surface area contributed by atoms with Gasteiger partial charge in [0.1, 0.15) is 5.84 Å². The molecule has 4 aromatic carbocycles. The van der Waals surface area contributed by atoms with Gasteiger partial charge >= 0.3 is 5.97 Å². The molecule has 0 spiro atoms. The minimum absolute atomic E-state index is 0.145. The molecule has 0 amide bonds. The van der Waals surface area contributed by atoms with Crippen molar-refractivity contribution in [2.45, 2.75) is 24.3 Å². The van der Waals surface area contributed by atoms with Crippen LogP contribution >= 0.6 is 27.7 Å². The zero-order chi connectivity index (χ0) is 33.4. The van der Waals surface area contributed by atoms with Gasteiger partial charge in [-0.1, -0.05) is 88.4 Å². The van der Waals surface area contributed by atoms with E-state index in [1.165, 1.54) is 0 Å². The molecule has 7 rings (SSSR count). The number of carbonyl (C=O) groups is 1. The number of nitrogens with zero attached hydrogens (tertiary/aromatic N) is 4. The highest BCUT2D eigenvalue weighted by Crippen LogP contribution is 2.54. The molecule has 244 valence electrons. The van der Waals surface area contributed by atoms with Gasteiger partial charge in [0, 0.05) is 10.0 Å². The third-order valence-corrected chi connectivity index (χ3v) is 10.2. The van der Waals surface area contributed by atoms with Crippen molar-refractivity contribution < 1.29 is 23.7 Å². The summed E-state index contributed by atoms with van der Waals surface area (Å²) in [5.41, 5.74) is 4.54. The minimum atomic E-state index is -0.682. The Balaban J connectivity index is 1.48. The van der Waals surface area contributed by atoms with Gasteiger partial charge in [-0.2, -0.15) is 5.10 Å². The standard InChI is InChI=1S/C37H33BrN4O5S/c1-5-47-36(43)29-30(22-12-8-6-9-13-22)39-37-41(31(29)24-20-27(44-2)33(46-4)28(21-24)45-3)35-34(48-37)32(23-16-18-25(38)19-17-23)42(40-35)26-14-10-7-11-15-26/h6-21,31-32,34H,5H2,1-4H3. The SMILES string of the molecule is CCOC(=O)C1=C(c2ccccc2)N=C2SC3C(=NN(c4ccccc4)C3c3ccc(Br)cc3)N2C1c1cc(OC)c(OC)c(OC)c1. The lowest BCUT2D eigenvalue weighted by Crippen LogP contribution is -2.40. The summed E-state index contributed by atoms with van der Waals surface area (Å²) < 4.78 is 24.0. The topological polar surface area (TPSA) is 85.2 Å². The Hall–Kier alpha value is -4.74. The van der Waals surface area contributed by atoms with Gasteiger partial charge in [-0.05, 0) is 54.4 Å². The second kappa shape index (κ2) is 13.4. The number of benzene rings is 4. The van der Waals surface area contributed by atoms with Gasteiger partial charge in [-0.15, -0.1) is 0 Å². The lowest BCUT2D eigenvalue weighted by molar-refractivity contribution is -0.139. The van der Waals surface area contributed by atoms with E-state index >= 15 is 0 Å². The summed E-state index contributed by atoms with van der Waals surface area (Å²) in [6, 6.07) is 31.1. The molecule has 11 heteroatoms. The maximum atomic E-state index is 14.2. The Morgan fingerprint density at radius 1 is 0.854 bits per heavy atom. The van der Waals surface area contributed by atoms with E-state index in [0.29, 0.717) is 28.5 Å². The van der Waals surface area contributed by atoms with Gasteiger partial charge in [0.25, 0.3) is 0 Å². The first-order chi connectivity index (χ1) is 23.5. The maximum Gasteiger partial charge on any atom is 0.338 e. The Morgan fingerprint density at radius 3 is 2.10 bits per heavy atom. The molecule has 1 fully saturated rings. The molecule has 9 nitrogen and oxygen atoms in total. The number of amidine groups is 2. The van der Waals surface area contributed by atoms with Crippen molar-refractivity contribution in [3.05, 3.63) is 124 Å². The number of esters is 1. The fourth-order valence-corrected chi connectivity index (χ4v) is 8.01. The number of hydrogen-bond acceptors (Lipinski definition) is 10. The number of hydrazone groups is 1. The van der Waals surface area contributed by atoms with E-state index in [1.807, 2.05) is 72.8 Å². The van der Waals surface area contributed by atoms with E-state index in [9.17, 15) is 4.79 Å². The molecule has 0 N–H and O–H groups in total. The third-order valence-electron chi connectivity index (χ3n) is 8.47. The number of fused-ring (bicyclic) bond motifs is 3. The zero-order valence-corrected chi connectivity index (χ0v) is 29.2. The molecular formula is C37H33BrN4O5S. The van der Waals surface area contributed by atoms with Crippen molar-refractivity contribution in [1.29, 1.82) is 0 Å². The molecular weight excluding hydrogens is 692 g/mol. The molecule has 3 heterocycles. The number of rotatable bonds is 9. The van der Waals surface area contributed by atoms with E-state index in [1.54, 1.807) is 40.0 Å². The second-order valence-electron chi connectivity index (χ2n) is 11.1. The van der Waals surface area contributed by atoms with Gasteiger partial charge < -0.3 is 18.9 Å². The molecule has 3 unspecified atom stereocenters. The Kier molecular flexibility index (Phi) is 8.89. The first kappa shape index (κ1) is 31.8. The number of anilines is 1. The molecule has 3 atom stereocenters. The highest BCUT2D eigenvalue weighted by Gasteiger charge is 2.54. The van der Waals surface area contributed by atoms with Crippen molar-refractivity contribution in [3.63, 3.8) is 0 Å². The average Bonchev–Trinajstić information content (AvgIpc) is 3.67. The number of halogens is 1. The van der Waals surface area contributed by atoms with Gasteiger partial charge in [0.15, 0.2) is 16.7 Å². The van der Waals surface area contributed by atoms with Crippen LogP contribution in [0.5, 0.6) is 17.2 Å². The lowest BCUT2D eigenvalue weighted by Gasteiger charge is -2.35. The van der Waals surface area contributed by atoms with Crippen LogP contribution in [0.2, 0.25) is 0 Å². The first-order valence-electron chi connectivity index (χ1n) is 15.5. The van der Waals surface area contributed by atoms with E-state index in [0.717, 1.165) is 37.9 Å². The number of methoxy groups -OCH3 is 3. The summed E-state index contributed by atoms with van der Waals surface area (Å²) in [6.45, 7) is 2.00. The Morgan fingerprint density at radius 2 is 1.50 bits per heavy atom. The van der Waals surface area contributed by atoms with Crippen LogP contribution in [0.1, 0.15) is 35.7 Å². The predicted octanol–water partition coefficient (Wildman–Crippen LogP) is 7.85. The fraction of sp³-hybridized carbons (Fsp3) is 0.216. The van der Waals surface area contributed by atoms with Crippen molar-refractivity contribution in [3.8, 4) is 17.2 Å². The number of hydrogen-bond donors (Lipinski definition) is 0. The van der Waals surface area contributed by atoms with Gasteiger partial charge in [-0.25, -0.2) is 9.79 Å². The molecule has 3 aliphatic rings. The average molecular weight is 726 g/mol. The lowest BCUT2D eigenvalue weighted by atomic mass is 9.91. The molecule has 0 radical (unpaired) electrons. The van der Waals surface area contributed by atoms with Crippen LogP contribution in [0.3, 0.4) is 0 Å². The molecule has 1 saturated heterocycles. The Labute approximate surface area is 292 Å².